The van der Waals surface area contributed by atoms with Crippen LogP contribution in [0.3, 0.4) is 0 Å². The van der Waals surface area contributed by atoms with Crippen LogP contribution in [0.1, 0.15) is 19.8 Å². The number of nitrogens with one attached hydrogen (secondary N) is 1. The maximum absolute atomic E-state index is 5.60. The molecule has 0 aliphatic carbocycles. The molecule has 0 amide bonds. The van der Waals surface area contributed by atoms with E-state index in [9.17, 15) is 0 Å². The van der Waals surface area contributed by atoms with Gasteiger partial charge in [0.05, 0.1) is 13.2 Å². The molecule has 0 saturated carbocycles. The molecule has 2 aliphatic rings. The molecule has 17 heavy (non-hydrogen) atoms. The molecular weight excluding hydrogens is 216 g/mol. The van der Waals surface area contributed by atoms with Gasteiger partial charge in [-0.2, -0.15) is 0 Å². The number of likely N-dealkylation sites (N-methyl/N-ethyl adjacent to an activating group) is 1. The van der Waals surface area contributed by atoms with Crippen LogP contribution in [0.15, 0.2) is 0 Å². The average molecular weight is 242 g/mol. The maximum atomic E-state index is 5.60. The fourth-order valence-corrected chi connectivity index (χ4v) is 2.91. The summed E-state index contributed by atoms with van der Waals surface area (Å²) in [6.45, 7) is 7.97. The minimum Gasteiger partial charge on any atom is -0.381 e. The SMILES string of the molecule is CCNC1COCC1CN(C)C1CCOCC1. The van der Waals surface area contributed by atoms with E-state index in [1.807, 2.05) is 0 Å². The largest absolute Gasteiger partial charge is 0.381 e. The lowest BCUT2D eigenvalue weighted by atomic mass is 10.0. The lowest BCUT2D eigenvalue weighted by Gasteiger charge is -2.33. The van der Waals surface area contributed by atoms with E-state index in [2.05, 4.69) is 24.2 Å². The van der Waals surface area contributed by atoms with Crippen molar-refractivity contribution in [2.75, 3.05) is 46.6 Å². The van der Waals surface area contributed by atoms with E-state index in [4.69, 9.17) is 9.47 Å². The van der Waals surface area contributed by atoms with Crippen LogP contribution < -0.4 is 5.32 Å². The van der Waals surface area contributed by atoms with Gasteiger partial charge in [-0.3, -0.25) is 0 Å². The fraction of sp³-hybridized carbons (Fsp3) is 1.00. The van der Waals surface area contributed by atoms with Crippen LogP contribution in [0, 0.1) is 5.92 Å². The summed E-state index contributed by atoms with van der Waals surface area (Å²) in [7, 11) is 2.25. The second-order valence-corrected chi connectivity index (χ2v) is 5.24. The van der Waals surface area contributed by atoms with Crippen molar-refractivity contribution in [3.8, 4) is 0 Å². The van der Waals surface area contributed by atoms with Crippen molar-refractivity contribution in [1.82, 2.24) is 10.2 Å². The highest BCUT2D eigenvalue weighted by molar-refractivity contribution is 4.84. The van der Waals surface area contributed by atoms with Gasteiger partial charge >= 0.3 is 0 Å². The molecule has 2 saturated heterocycles. The third-order valence-electron chi connectivity index (χ3n) is 4.00. The molecule has 0 radical (unpaired) electrons. The Bertz CT molecular complexity index is 219. The summed E-state index contributed by atoms with van der Waals surface area (Å²) in [6, 6.07) is 1.24. The van der Waals surface area contributed by atoms with Crippen LogP contribution in [0.4, 0.5) is 0 Å². The molecule has 0 spiro atoms. The Labute approximate surface area is 105 Å². The summed E-state index contributed by atoms with van der Waals surface area (Å²) >= 11 is 0. The molecule has 2 heterocycles. The van der Waals surface area contributed by atoms with Gasteiger partial charge in [0.25, 0.3) is 0 Å². The van der Waals surface area contributed by atoms with E-state index in [1.165, 1.54) is 12.8 Å². The van der Waals surface area contributed by atoms with E-state index in [0.29, 0.717) is 18.0 Å². The van der Waals surface area contributed by atoms with E-state index < -0.39 is 0 Å². The first-order valence-electron chi connectivity index (χ1n) is 6.90. The zero-order valence-corrected chi connectivity index (χ0v) is 11.2. The first-order valence-corrected chi connectivity index (χ1v) is 6.90. The van der Waals surface area contributed by atoms with Crippen molar-refractivity contribution >= 4 is 0 Å². The van der Waals surface area contributed by atoms with Crippen LogP contribution >= 0.6 is 0 Å². The van der Waals surface area contributed by atoms with Crippen molar-refractivity contribution < 1.29 is 9.47 Å². The smallest absolute Gasteiger partial charge is 0.0623 e. The monoisotopic (exact) mass is 242 g/mol. The first kappa shape index (κ1) is 13.3. The molecule has 2 unspecified atom stereocenters. The molecule has 2 rings (SSSR count). The predicted octanol–water partition coefficient (Wildman–Crippen LogP) is 0.722. The third-order valence-corrected chi connectivity index (χ3v) is 4.00. The van der Waals surface area contributed by atoms with Gasteiger partial charge < -0.3 is 19.7 Å². The lowest BCUT2D eigenvalue weighted by molar-refractivity contribution is 0.0367. The molecule has 2 atom stereocenters. The molecular formula is C13H26N2O2. The molecule has 0 aromatic rings. The summed E-state index contributed by atoms with van der Waals surface area (Å²) < 4.78 is 11.0. The van der Waals surface area contributed by atoms with Crippen molar-refractivity contribution in [3.05, 3.63) is 0 Å². The highest BCUT2D eigenvalue weighted by Gasteiger charge is 2.30. The molecule has 100 valence electrons. The van der Waals surface area contributed by atoms with Crippen LogP contribution in [0.5, 0.6) is 0 Å². The van der Waals surface area contributed by atoms with Crippen molar-refractivity contribution in [2.45, 2.75) is 31.8 Å². The number of nitrogens with zero attached hydrogens (tertiary/aromatic N) is 1. The highest BCUT2D eigenvalue weighted by atomic mass is 16.5. The van der Waals surface area contributed by atoms with Crippen LogP contribution in [-0.4, -0.2) is 63.5 Å². The minimum atomic E-state index is 0.544. The van der Waals surface area contributed by atoms with Gasteiger partial charge in [-0.15, -0.1) is 0 Å². The number of rotatable bonds is 5. The molecule has 0 aromatic carbocycles. The second-order valence-electron chi connectivity index (χ2n) is 5.24. The summed E-state index contributed by atoms with van der Waals surface area (Å²) in [5.41, 5.74) is 0. The van der Waals surface area contributed by atoms with E-state index in [1.54, 1.807) is 0 Å². The van der Waals surface area contributed by atoms with Gasteiger partial charge in [0.15, 0.2) is 0 Å². The fourth-order valence-electron chi connectivity index (χ4n) is 2.91. The highest BCUT2D eigenvalue weighted by Crippen LogP contribution is 2.19. The van der Waals surface area contributed by atoms with Gasteiger partial charge in [-0.1, -0.05) is 6.92 Å². The van der Waals surface area contributed by atoms with Crippen LogP contribution in [-0.2, 0) is 9.47 Å². The molecule has 0 bridgehead atoms. The van der Waals surface area contributed by atoms with Crippen molar-refractivity contribution in [1.29, 1.82) is 0 Å². The van der Waals surface area contributed by atoms with E-state index in [0.717, 1.165) is 39.5 Å². The van der Waals surface area contributed by atoms with Gasteiger partial charge in [-0.05, 0) is 26.4 Å². The molecule has 1 N–H and O–H groups in total. The Balaban J connectivity index is 1.78. The van der Waals surface area contributed by atoms with Gasteiger partial charge in [0.1, 0.15) is 0 Å². The quantitative estimate of drug-likeness (QED) is 0.770. The van der Waals surface area contributed by atoms with Crippen molar-refractivity contribution in [3.63, 3.8) is 0 Å². The summed E-state index contributed by atoms with van der Waals surface area (Å²) in [5, 5.41) is 3.53. The Morgan fingerprint density at radius 2 is 1.94 bits per heavy atom. The number of hydrogen-bond acceptors (Lipinski definition) is 4. The summed E-state index contributed by atoms with van der Waals surface area (Å²) in [5.74, 6) is 0.641. The number of hydrogen-bond donors (Lipinski definition) is 1. The molecule has 0 aromatic heterocycles. The summed E-state index contributed by atoms with van der Waals surface area (Å²) in [6.07, 6.45) is 2.35. The minimum absolute atomic E-state index is 0.544. The Hall–Kier alpha value is -0.160. The third kappa shape index (κ3) is 3.65. The Morgan fingerprint density at radius 1 is 1.18 bits per heavy atom. The second kappa shape index (κ2) is 6.69. The summed E-state index contributed by atoms with van der Waals surface area (Å²) in [4.78, 5) is 2.51. The van der Waals surface area contributed by atoms with E-state index >= 15 is 0 Å². The normalized spacial score (nSPS) is 31.2. The lowest BCUT2D eigenvalue weighted by Crippen LogP contribution is -2.45. The van der Waals surface area contributed by atoms with E-state index in [-0.39, 0.29) is 0 Å². The maximum Gasteiger partial charge on any atom is 0.0623 e. The van der Waals surface area contributed by atoms with Gasteiger partial charge in [-0.25, -0.2) is 0 Å². The topological polar surface area (TPSA) is 33.7 Å². The van der Waals surface area contributed by atoms with Crippen LogP contribution in [0.25, 0.3) is 0 Å². The Morgan fingerprint density at radius 3 is 2.65 bits per heavy atom. The average Bonchev–Trinajstić information content (AvgIpc) is 2.78. The standard InChI is InChI=1S/C13H26N2O2/c1-3-14-13-10-17-9-11(13)8-15(2)12-4-6-16-7-5-12/h11-14H,3-10H2,1-2H3. The zero-order chi connectivity index (χ0) is 12.1. The Kier molecular flexibility index (Phi) is 5.22. The zero-order valence-electron chi connectivity index (χ0n) is 11.2. The number of ether oxygens (including phenoxy) is 2. The van der Waals surface area contributed by atoms with Crippen LogP contribution in [0.2, 0.25) is 0 Å². The predicted molar refractivity (Wildman–Crippen MR) is 68.2 cm³/mol. The first-order chi connectivity index (χ1) is 8.31. The molecule has 2 fully saturated rings. The molecule has 4 nitrogen and oxygen atoms in total. The molecule has 2 aliphatic heterocycles. The van der Waals surface area contributed by atoms with Crippen molar-refractivity contribution in [2.24, 2.45) is 5.92 Å². The van der Waals surface area contributed by atoms with Gasteiger partial charge in [0.2, 0.25) is 0 Å². The van der Waals surface area contributed by atoms with Gasteiger partial charge in [0, 0.05) is 37.8 Å². The molecule has 4 heteroatoms.